The van der Waals surface area contributed by atoms with E-state index < -0.39 is 0 Å². The molecule has 0 spiro atoms. The lowest BCUT2D eigenvalue weighted by atomic mass is 9.92. The van der Waals surface area contributed by atoms with Gasteiger partial charge in [-0.2, -0.15) is 5.10 Å². The Morgan fingerprint density at radius 3 is 2.13 bits per heavy atom. The van der Waals surface area contributed by atoms with Crippen molar-refractivity contribution in [1.29, 1.82) is 0 Å². The predicted molar refractivity (Wildman–Crippen MR) is 156 cm³/mol. The predicted octanol–water partition coefficient (Wildman–Crippen LogP) is 6.14. The Balaban J connectivity index is 1.56. The van der Waals surface area contributed by atoms with Gasteiger partial charge >= 0.3 is 6.03 Å². The zero-order valence-corrected chi connectivity index (χ0v) is 23.4. The molecule has 0 unspecified atom stereocenters. The van der Waals surface area contributed by atoms with Crippen LogP contribution in [0.1, 0.15) is 48.7 Å². The van der Waals surface area contributed by atoms with Gasteiger partial charge < -0.3 is 15.5 Å². The number of aryl methyl sites for hydroxylation is 2. The number of aromatic nitrogens is 2. The molecule has 1 aromatic heterocycles. The van der Waals surface area contributed by atoms with Crippen molar-refractivity contribution in [2.45, 2.75) is 53.1 Å². The van der Waals surface area contributed by atoms with Crippen LogP contribution in [0.15, 0.2) is 84.9 Å². The molecule has 0 radical (unpaired) electrons. The third-order valence-electron chi connectivity index (χ3n) is 6.45. The fourth-order valence-corrected chi connectivity index (χ4v) is 4.31. The van der Waals surface area contributed by atoms with Crippen LogP contribution in [0, 0.1) is 13.8 Å². The molecule has 0 aliphatic rings. The van der Waals surface area contributed by atoms with Gasteiger partial charge in [-0.25, -0.2) is 9.48 Å². The summed E-state index contributed by atoms with van der Waals surface area (Å²) < 4.78 is 1.78. The Morgan fingerprint density at radius 2 is 1.51 bits per heavy atom. The van der Waals surface area contributed by atoms with E-state index in [0.717, 1.165) is 33.6 Å². The Hall–Kier alpha value is -4.39. The number of urea groups is 1. The maximum Gasteiger partial charge on any atom is 0.318 e. The summed E-state index contributed by atoms with van der Waals surface area (Å²) in [6.45, 7) is 10.9. The van der Waals surface area contributed by atoms with Crippen LogP contribution < -0.4 is 10.6 Å². The van der Waals surface area contributed by atoms with Crippen molar-refractivity contribution in [2.24, 2.45) is 0 Å². The molecule has 0 aliphatic carbocycles. The maximum absolute atomic E-state index is 13.4. The molecule has 39 heavy (non-hydrogen) atoms. The number of nitrogens with zero attached hydrogens (tertiary/aromatic N) is 3. The topological polar surface area (TPSA) is 79.3 Å². The maximum atomic E-state index is 13.4. The smallest absolute Gasteiger partial charge is 0.318 e. The molecule has 4 rings (SSSR count). The first-order valence-corrected chi connectivity index (χ1v) is 13.2. The van der Waals surface area contributed by atoms with Crippen molar-refractivity contribution < 1.29 is 9.59 Å². The fraction of sp³-hybridized carbons (Fsp3) is 0.281. The highest BCUT2D eigenvalue weighted by molar-refractivity contribution is 5.94. The van der Waals surface area contributed by atoms with E-state index in [1.165, 1.54) is 4.90 Å². The number of nitrogens with one attached hydrogen (secondary N) is 2. The zero-order chi connectivity index (χ0) is 28.0. The van der Waals surface area contributed by atoms with Crippen molar-refractivity contribution in [3.05, 3.63) is 113 Å². The van der Waals surface area contributed by atoms with Gasteiger partial charge in [0.1, 0.15) is 12.4 Å². The minimum absolute atomic E-state index is 0.113. The number of carbonyl (C=O) groups is 2. The number of carbonyl (C=O) groups excluding carboxylic acids is 2. The fourth-order valence-electron chi connectivity index (χ4n) is 4.31. The summed E-state index contributed by atoms with van der Waals surface area (Å²) in [6, 6.07) is 27.1. The monoisotopic (exact) mass is 523 g/mol. The normalized spacial score (nSPS) is 11.2. The Labute approximate surface area is 230 Å². The highest BCUT2D eigenvalue weighted by Gasteiger charge is 2.24. The van der Waals surface area contributed by atoms with Gasteiger partial charge in [-0.05, 0) is 36.6 Å². The lowest BCUT2D eigenvalue weighted by molar-refractivity contribution is -0.116. The number of rotatable bonds is 8. The number of hydrogen-bond acceptors (Lipinski definition) is 3. The Bertz CT molecular complexity index is 1420. The average Bonchev–Trinajstić information content (AvgIpc) is 3.32. The van der Waals surface area contributed by atoms with E-state index in [-0.39, 0.29) is 23.9 Å². The van der Waals surface area contributed by atoms with E-state index >= 15 is 0 Å². The van der Waals surface area contributed by atoms with E-state index in [1.807, 2.05) is 92.7 Å². The second-order valence-corrected chi connectivity index (χ2v) is 10.9. The van der Waals surface area contributed by atoms with Gasteiger partial charge in [0, 0.05) is 24.6 Å². The van der Waals surface area contributed by atoms with Gasteiger partial charge in [0.05, 0.1) is 11.4 Å². The molecule has 0 fully saturated rings. The largest absolute Gasteiger partial charge is 0.334 e. The van der Waals surface area contributed by atoms with Crippen LogP contribution in [0.25, 0.3) is 5.69 Å². The van der Waals surface area contributed by atoms with Gasteiger partial charge in [-0.3, -0.25) is 4.79 Å². The van der Waals surface area contributed by atoms with Crippen LogP contribution in [-0.4, -0.2) is 33.2 Å². The highest BCUT2D eigenvalue weighted by Crippen LogP contribution is 2.28. The van der Waals surface area contributed by atoms with Gasteiger partial charge in [-0.1, -0.05) is 99.1 Å². The van der Waals surface area contributed by atoms with Crippen molar-refractivity contribution in [1.82, 2.24) is 20.0 Å². The molecule has 4 aromatic rings. The molecule has 7 nitrogen and oxygen atoms in total. The average molecular weight is 524 g/mol. The van der Waals surface area contributed by atoms with Crippen LogP contribution in [0.5, 0.6) is 0 Å². The van der Waals surface area contributed by atoms with Crippen molar-refractivity contribution in [3.63, 3.8) is 0 Å². The van der Waals surface area contributed by atoms with Crippen molar-refractivity contribution >= 4 is 17.8 Å². The van der Waals surface area contributed by atoms with Crippen LogP contribution in [0.2, 0.25) is 0 Å². The number of hydrogen-bond donors (Lipinski definition) is 2. The molecule has 0 bridgehead atoms. The first-order chi connectivity index (χ1) is 18.6. The second kappa shape index (κ2) is 12.0. The van der Waals surface area contributed by atoms with E-state index in [9.17, 15) is 9.59 Å². The molecule has 0 aliphatic heterocycles. The van der Waals surface area contributed by atoms with Gasteiger partial charge in [-0.15, -0.1) is 0 Å². The highest BCUT2D eigenvalue weighted by atomic mass is 16.2. The Morgan fingerprint density at radius 1 is 0.872 bits per heavy atom. The number of benzene rings is 3. The second-order valence-electron chi connectivity index (χ2n) is 10.9. The molecule has 0 saturated carbocycles. The quantitative estimate of drug-likeness (QED) is 0.291. The van der Waals surface area contributed by atoms with Crippen LogP contribution in [-0.2, 0) is 23.3 Å². The molecule has 3 amide bonds. The van der Waals surface area contributed by atoms with Crippen molar-refractivity contribution in [3.8, 4) is 5.69 Å². The minimum Gasteiger partial charge on any atom is -0.334 e. The molecule has 1 heterocycles. The minimum atomic E-state index is -0.309. The zero-order valence-electron chi connectivity index (χ0n) is 23.4. The molecular weight excluding hydrogens is 486 g/mol. The first-order valence-electron chi connectivity index (χ1n) is 13.2. The van der Waals surface area contributed by atoms with E-state index in [0.29, 0.717) is 18.9 Å². The SMILES string of the molecule is Cc1ccc(-n2nc(C(C)(C)C)cc2NC(=O)CN(Cc2ccccc2)C(=O)NCc2ccccc2)c(C)c1. The summed E-state index contributed by atoms with van der Waals surface area (Å²) in [5, 5.41) is 10.8. The summed E-state index contributed by atoms with van der Waals surface area (Å²) in [5.41, 5.74) is 5.69. The summed E-state index contributed by atoms with van der Waals surface area (Å²) in [5.74, 6) is 0.272. The molecule has 0 atom stereocenters. The summed E-state index contributed by atoms with van der Waals surface area (Å²) in [7, 11) is 0. The number of amides is 3. The molecule has 7 heteroatoms. The van der Waals surface area contributed by atoms with Gasteiger partial charge in [0.2, 0.25) is 5.91 Å². The number of anilines is 1. The standard InChI is InChI=1S/C32H37N5O2/c1-23-16-17-27(24(2)18-23)37-29(19-28(35-37)32(3,4)5)34-30(38)22-36(21-26-14-10-7-11-15-26)31(39)33-20-25-12-8-6-9-13-25/h6-19H,20-22H2,1-5H3,(H,33,39)(H,34,38). The van der Waals surface area contributed by atoms with Crippen LogP contribution >= 0.6 is 0 Å². The van der Waals surface area contributed by atoms with Crippen LogP contribution in [0.3, 0.4) is 0 Å². The molecule has 202 valence electrons. The van der Waals surface area contributed by atoms with Crippen LogP contribution in [0.4, 0.5) is 10.6 Å². The van der Waals surface area contributed by atoms with Gasteiger partial charge in [0.25, 0.3) is 0 Å². The first kappa shape index (κ1) is 27.6. The molecular formula is C32H37N5O2. The third kappa shape index (κ3) is 7.35. The van der Waals surface area contributed by atoms with Crippen molar-refractivity contribution in [2.75, 3.05) is 11.9 Å². The molecule has 0 saturated heterocycles. The Kier molecular flexibility index (Phi) is 8.49. The van der Waals surface area contributed by atoms with Gasteiger partial charge in [0.15, 0.2) is 0 Å². The van der Waals surface area contributed by atoms with E-state index in [1.54, 1.807) is 4.68 Å². The lowest BCUT2D eigenvalue weighted by Gasteiger charge is -2.23. The van der Waals surface area contributed by atoms with E-state index in [4.69, 9.17) is 5.10 Å². The summed E-state index contributed by atoms with van der Waals surface area (Å²) >= 11 is 0. The summed E-state index contributed by atoms with van der Waals surface area (Å²) in [6.07, 6.45) is 0. The molecule has 3 aromatic carbocycles. The molecule has 2 N–H and O–H groups in total. The summed E-state index contributed by atoms with van der Waals surface area (Å²) in [4.78, 5) is 28.1. The van der Waals surface area contributed by atoms with E-state index in [2.05, 4.69) is 37.5 Å². The third-order valence-corrected chi connectivity index (χ3v) is 6.45. The lowest BCUT2D eigenvalue weighted by Crippen LogP contribution is -2.43.